The average Bonchev–Trinajstić information content (AvgIpc) is 2.65. The van der Waals surface area contributed by atoms with Crippen molar-refractivity contribution in [3.05, 3.63) is 30.1 Å². The normalized spacial score (nSPS) is 16.9. The molecule has 0 aliphatic carbocycles. The van der Waals surface area contributed by atoms with Crippen LogP contribution < -0.4 is 10.1 Å². The van der Waals surface area contributed by atoms with Crippen molar-refractivity contribution in [1.29, 1.82) is 0 Å². The van der Waals surface area contributed by atoms with E-state index in [9.17, 15) is 9.18 Å². The summed E-state index contributed by atoms with van der Waals surface area (Å²) in [5.74, 6) is 0.489. The zero-order valence-corrected chi connectivity index (χ0v) is 15.7. The highest BCUT2D eigenvalue weighted by atomic mass is 19.1. The highest BCUT2D eigenvalue weighted by molar-refractivity contribution is 5.80. The molecule has 1 saturated heterocycles. The van der Waals surface area contributed by atoms with Gasteiger partial charge in [0.2, 0.25) is 0 Å². The summed E-state index contributed by atoms with van der Waals surface area (Å²) in [7, 11) is 1.72. The smallest absolute Gasteiger partial charge is 0.309 e. The molecule has 0 radical (unpaired) electrons. The van der Waals surface area contributed by atoms with Crippen molar-refractivity contribution in [1.82, 2.24) is 10.2 Å². The summed E-state index contributed by atoms with van der Waals surface area (Å²) in [4.78, 5) is 18.2. The first-order valence-corrected chi connectivity index (χ1v) is 9.08. The molecule has 1 heterocycles. The fourth-order valence-corrected chi connectivity index (χ4v) is 2.95. The minimum Gasteiger partial charge on any atom is -0.486 e. The van der Waals surface area contributed by atoms with Crippen molar-refractivity contribution in [2.24, 2.45) is 10.9 Å². The maximum Gasteiger partial charge on any atom is 0.309 e. The molecule has 7 heteroatoms. The van der Waals surface area contributed by atoms with Gasteiger partial charge in [0.15, 0.2) is 17.5 Å². The van der Waals surface area contributed by atoms with Crippen molar-refractivity contribution in [2.75, 3.05) is 33.3 Å². The zero-order chi connectivity index (χ0) is 18.9. The largest absolute Gasteiger partial charge is 0.486 e. The van der Waals surface area contributed by atoms with E-state index in [1.165, 1.54) is 6.07 Å². The Morgan fingerprint density at radius 1 is 1.38 bits per heavy atom. The number of hydrogen-bond donors (Lipinski definition) is 1. The van der Waals surface area contributed by atoms with Crippen LogP contribution in [-0.4, -0.2) is 56.2 Å². The average molecular weight is 365 g/mol. The van der Waals surface area contributed by atoms with E-state index in [0.717, 1.165) is 31.9 Å². The Kier molecular flexibility index (Phi) is 7.69. The van der Waals surface area contributed by atoms with Gasteiger partial charge < -0.3 is 19.7 Å². The highest BCUT2D eigenvalue weighted by Crippen LogP contribution is 2.19. The topological polar surface area (TPSA) is 63.2 Å². The van der Waals surface area contributed by atoms with Crippen LogP contribution in [0.4, 0.5) is 4.39 Å². The lowest BCUT2D eigenvalue weighted by atomic mass is 9.97. The van der Waals surface area contributed by atoms with E-state index in [0.29, 0.717) is 13.2 Å². The van der Waals surface area contributed by atoms with Gasteiger partial charge in [-0.15, -0.1) is 0 Å². The van der Waals surface area contributed by atoms with Gasteiger partial charge in [-0.3, -0.25) is 9.79 Å². The van der Waals surface area contributed by atoms with Crippen LogP contribution in [0.2, 0.25) is 0 Å². The van der Waals surface area contributed by atoms with E-state index in [-0.39, 0.29) is 29.6 Å². The highest BCUT2D eigenvalue weighted by Gasteiger charge is 2.27. The molecule has 1 fully saturated rings. The molecular formula is C19H28FN3O3. The molecule has 0 amide bonds. The maximum absolute atomic E-state index is 13.6. The van der Waals surface area contributed by atoms with Crippen LogP contribution in [0.25, 0.3) is 0 Å². The Hall–Kier alpha value is -2.31. The number of rotatable bonds is 6. The van der Waals surface area contributed by atoms with E-state index in [1.54, 1.807) is 25.2 Å². The lowest BCUT2D eigenvalue weighted by Crippen LogP contribution is -2.48. The van der Waals surface area contributed by atoms with Crippen LogP contribution in [0.3, 0.4) is 0 Å². The van der Waals surface area contributed by atoms with Gasteiger partial charge >= 0.3 is 5.97 Å². The molecule has 26 heavy (non-hydrogen) atoms. The third kappa shape index (κ3) is 5.61. The molecule has 0 spiro atoms. The molecule has 144 valence electrons. The molecular weight excluding hydrogens is 337 g/mol. The number of para-hydroxylation sites is 1. The Bertz CT molecular complexity index is 616. The van der Waals surface area contributed by atoms with Crippen LogP contribution >= 0.6 is 0 Å². The SMILES string of the molecule is CCOC(=O)C1CCN(C(=NC)NCC(C)Oc2ccccc2F)CC1. The third-order valence-corrected chi connectivity index (χ3v) is 4.34. The number of aliphatic imine (C=N–C) groups is 1. The number of likely N-dealkylation sites (tertiary alicyclic amines) is 1. The Morgan fingerprint density at radius 3 is 2.69 bits per heavy atom. The molecule has 1 aromatic carbocycles. The van der Waals surface area contributed by atoms with E-state index in [2.05, 4.69) is 15.2 Å². The second-order valence-electron chi connectivity index (χ2n) is 6.30. The second kappa shape index (κ2) is 9.99. The summed E-state index contributed by atoms with van der Waals surface area (Å²) in [6.45, 7) is 6.10. The number of guanidine groups is 1. The molecule has 1 N–H and O–H groups in total. The van der Waals surface area contributed by atoms with Crippen LogP contribution in [0.15, 0.2) is 29.3 Å². The van der Waals surface area contributed by atoms with E-state index >= 15 is 0 Å². The number of ether oxygens (including phenoxy) is 2. The Labute approximate surface area is 154 Å². The molecule has 1 aliphatic rings. The van der Waals surface area contributed by atoms with Gasteiger partial charge in [-0.2, -0.15) is 0 Å². The standard InChI is InChI=1S/C19H28FN3O3/c1-4-25-18(24)15-9-11-23(12-10-15)19(21-3)22-13-14(2)26-17-8-6-5-7-16(17)20/h5-8,14-15H,4,9-13H2,1-3H3,(H,21,22). The maximum atomic E-state index is 13.6. The lowest BCUT2D eigenvalue weighted by molar-refractivity contribution is -0.149. The summed E-state index contributed by atoms with van der Waals surface area (Å²) >= 11 is 0. The summed E-state index contributed by atoms with van der Waals surface area (Å²) < 4.78 is 24.4. The summed E-state index contributed by atoms with van der Waals surface area (Å²) in [6.07, 6.45) is 1.28. The summed E-state index contributed by atoms with van der Waals surface area (Å²) in [5.41, 5.74) is 0. The molecule has 1 atom stereocenters. The van der Waals surface area contributed by atoms with Gasteiger partial charge in [0.05, 0.1) is 19.1 Å². The lowest BCUT2D eigenvalue weighted by Gasteiger charge is -2.33. The second-order valence-corrected chi connectivity index (χ2v) is 6.30. The Balaban J connectivity index is 1.79. The van der Waals surface area contributed by atoms with Gasteiger partial charge in [-0.05, 0) is 38.8 Å². The number of nitrogens with zero attached hydrogens (tertiary/aromatic N) is 2. The molecule has 0 aromatic heterocycles. The number of benzene rings is 1. The van der Waals surface area contributed by atoms with Crippen LogP contribution in [-0.2, 0) is 9.53 Å². The number of halogens is 1. The number of carbonyl (C=O) groups is 1. The minimum atomic E-state index is -0.371. The van der Waals surface area contributed by atoms with Crippen molar-refractivity contribution in [3.63, 3.8) is 0 Å². The molecule has 0 saturated carbocycles. The molecule has 1 aliphatic heterocycles. The first kappa shape index (κ1) is 20.0. The fourth-order valence-electron chi connectivity index (χ4n) is 2.95. The molecule has 6 nitrogen and oxygen atoms in total. The quantitative estimate of drug-likeness (QED) is 0.477. The molecule has 1 aromatic rings. The number of hydrogen-bond acceptors (Lipinski definition) is 4. The first-order chi connectivity index (χ1) is 12.5. The van der Waals surface area contributed by atoms with Crippen LogP contribution in [0.1, 0.15) is 26.7 Å². The summed E-state index contributed by atoms with van der Waals surface area (Å²) in [6, 6.07) is 6.36. The van der Waals surface area contributed by atoms with Gasteiger partial charge in [-0.1, -0.05) is 12.1 Å². The number of nitrogens with one attached hydrogen (secondary N) is 1. The molecule has 0 bridgehead atoms. The predicted molar refractivity (Wildman–Crippen MR) is 98.8 cm³/mol. The minimum absolute atomic E-state index is 0.0346. The van der Waals surface area contributed by atoms with Crippen LogP contribution in [0, 0.1) is 11.7 Å². The van der Waals surface area contributed by atoms with E-state index in [1.807, 2.05) is 13.8 Å². The number of esters is 1. The van der Waals surface area contributed by atoms with Crippen LogP contribution in [0.5, 0.6) is 5.75 Å². The Morgan fingerprint density at radius 2 is 2.08 bits per heavy atom. The van der Waals surface area contributed by atoms with Crippen molar-refractivity contribution in [2.45, 2.75) is 32.8 Å². The predicted octanol–water partition coefficient (Wildman–Crippen LogP) is 2.44. The first-order valence-electron chi connectivity index (χ1n) is 9.08. The third-order valence-electron chi connectivity index (χ3n) is 4.34. The van der Waals surface area contributed by atoms with Crippen molar-refractivity contribution >= 4 is 11.9 Å². The van der Waals surface area contributed by atoms with E-state index < -0.39 is 0 Å². The fraction of sp³-hybridized carbons (Fsp3) is 0.579. The van der Waals surface area contributed by atoms with E-state index in [4.69, 9.17) is 9.47 Å². The van der Waals surface area contributed by atoms with Crippen molar-refractivity contribution in [3.8, 4) is 5.75 Å². The number of carbonyl (C=O) groups excluding carboxylic acids is 1. The van der Waals surface area contributed by atoms with Gasteiger partial charge in [-0.25, -0.2) is 4.39 Å². The van der Waals surface area contributed by atoms with Gasteiger partial charge in [0, 0.05) is 20.1 Å². The summed E-state index contributed by atoms with van der Waals surface area (Å²) in [5, 5.41) is 3.26. The zero-order valence-electron chi connectivity index (χ0n) is 15.7. The number of piperidine rings is 1. The van der Waals surface area contributed by atoms with Gasteiger partial charge in [0.1, 0.15) is 6.10 Å². The monoisotopic (exact) mass is 365 g/mol. The molecule has 2 rings (SSSR count). The molecule has 1 unspecified atom stereocenters. The van der Waals surface area contributed by atoms with Crippen molar-refractivity contribution < 1.29 is 18.7 Å². The van der Waals surface area contributed by atoms with Gasteiger partial charge in [0.25, 0.3) is 0 Å².